The number of ether oxygens (including phenoxy) is 3. The number of hydrogen-bond donors (Lipinski definition) is 1. The summed E-state index contributed by atoms with van der Waals surface area (Å²) in [4.78, 5) is 12.8. The maximum absolute atomic E-state index is 12.8. The third-order valence-corrected chi connectivity index (χ3v) is 5.11. The average molecular weight is 434 g/mol. The minimum atomic E-state index is -0.167. The number of carbonyl (C=O) groups is 1. The van der Waals surface area contributed by atoms with Gasteiger partial charge in [0.05, 0.1) is 13.7 Å². The highest BCUT2D eigenvalue weighted by atomic mass is 16.5. The normalized spacial score (nSPS) is 10.5. The van der Waals surface area contributed by atoms with E-state index in [0.29, 0.717) is 23.7 Å². The van der Waals surface area contributed by atoms with Gasteiger partial charge in [-0.2, -0.15) is 0 Å². The first-order valence-electron chi connectivity index (χ1n) is 11.1. The van der Waals surface area contributed by atoms with Crippen molar-refractivity contribution < 1.29 is 19.0 Å². The molecule has 0 heterocycles. The fraction of sp³-hybridized carbons (Fsp3) is 0.296. The Morgan fingerprint density at radius 1 is 0.875 bits per heavy atom. The Balaban J connectivity index is 1.69. The molecule has 5 nitrogen and oxygen atoms in total. The Morgan fingerprint density at radius 3 is 2.25 bits per heavy atom. The summed E-state index contributed by atoms with van der Waals surface area (Å²) in [5, 5.41) is 2.97. The number of hydrogen-bond acceptors (Lipinski definition) is 4. The van der Waals surface area contributed by atoms with E-state index in [9.17, 15) is 4.79 Å². The van der Waals surface area contributed by atoms with Crippen LogP contribution in [0.5, 0.6) is 17.2 Å². The SMILES string of the molecule is CCCCc1ccc(NC(=O)c2ccc(OCC)c(COc3ccc(OC)cc3)c2)cc1. The van der Waals surface area contributed by atoms with Crippen LogP contribution < -0.4 is 19.5 Å². The highest BCUT2D eigenvalue weighted by Gasteiger charge is 2.12. The minimum Gasteiger partial charge on any atom is -0.497 e. The molecule has 1 amide bonds. The van der Waals surface area contributed by atoms with Crippen LogP contribution >= 0.6 is 0 Å². The largest absolute Gasteiger partial charge is 0.497 e. The molecule has 0 spiro atoms. The van der Waals surface area contributed by atoms with Gasteiger partial charge in [-0.1, -0.05) is 25.5 Å². The highest BCUT2D eigenvalue weighted by Crippen LogP contribution is 2.24. The molecule has 3 rings (SSSR count). The summed E-state index contributed by atoms with van der Waals surface area (Å²) >= 11 is 0. The van der Waals surface area contributed by atoms with E-state index in [1.54, 1.807) is 13.2 Å². The first-order chi connectivity index (χ1) is 15.6. The van der Waals surface area contributed by atoms with Crippen molar-refractivity contribution in [3.8, 4) is 17.2 Å². The monoisotopic (exact) mass is 433 g/mol. The molecule has 0 bridgehead atoms. The Hall–Kier alpha value is -3.47. The number of nitrogens with one attached hydrogen (secondary N) is 1. The Labute approximate surface area is 190 Å². The van der Waals surface area contributed by atoms with E-state index >= 15 is 0 Å². The van der Waals surface area contributed by atoms with E-state index in [2.05, 4.69) is 24.4 Å². The van der Waals surface area contributed by atoms with E-state index in [-0.39, 0.29) is 12.5 Å². The maximum atomic E-state index is 12.8. The van der Waals surface area contributed by atoms with E-state index in [4.69, 9.17) is 14.2 Å². The molecule has 3 aromatic carbocycles. The lowest BCUT2D eigenvalue weighted by atomic mass is 10.1. The quantitative estimate of drug-likeness (QED) is 0.387. The number of aryl methyl sites for hydroxylation is 1. The summed E-state index contributed by atoms with van der Waals surface area (Å²) in [5.74, 6) is 2.02. The summed E-state index contributed by atoms with van der Waals surface area (Å²) in [7, 11) is 1.63. The van der Waals surface area contributed by atoms with E-state index < -0.39 is 0 Å². The maximum Gasteiger partial charge on any atom is 0.255 e. The predicted molar refractivity (Wildman–Crippen MR) is 128 cm³/mol. The minimum absolute atomic E-state index is 0.167. The Morgan fingerprint density at radius 2 is 1.59 bits per heavy atom. The summed E-state index contributed by atoms with van der Waals surface area (Å²) < 4.78 is 16.8. The molecule has 1 N–H and O–H groups in total. The first kappa shape index (κ1) is 23.2. The lowest BCUT2D eigenvalue weighted by molar-refractivity contribution is 0.102. The molecular weight excluding hydrogens is 402 g/mol. The van der Waals surface area contributed by atoms with Gasteiger partial charge in [0.25, 0.3) is 5.91 Å². The zero-order chi connectivity index (χ0) is 22.8. The average Bonchev–Trinajstić information content (AvgIpc) is 2.83. The summed E-state index contributed by atoms with van der Waals surface area (Å²) in [6.07, 6.45) is 3.39. The van der Waals surface area contributed by atoms with Crippen LogP contribution in [-0.4, -0.2) is 19.6 Å². The van der Waals surface area contributed by atoms with Crippen LogP contribution in [-0.2, 0) is 13.0 Å². The van der Waals surface area contributed by atoms with Crippen LogP contribution in [0.3, 0.4) is 0 Å². The standard InChI is InChI=1S/C27H31NO4/c1-4-6-7-20-8-11-23(12-9-20)28-27(29)21-10-17-26(31-5-2)22(18-21)19-32-25-15-13-24(30-3)14-16-25/h8-18H,4-7,19H2,1-3H3,(H,28,29). The molecule has 0 unspecified atom stereocenters. The van der Waals surface area contributed by atoms with Crippen molar-refractivity contribution in [2.45, 2.75) is 39.7 Å². The second-order valence-electron chi connectivity index (χ2n) is 7.47. The third-order valence-electron chi connectivity index (χ3n) is 5.11. The van der Waals surface area contributed by atoms with Gasteiger partial charge in [0.1, 0.15) is 23.9 Å². The fourth-order valence-electron chi connectivity index (χ4n) is 3.30. The molecule has 0 fully saturated rings. The number of carbonyl (C=O) groups excluding carboxylic acids is 1. The van der Waals surface area contributed by atoms with Crippen molar-refractivity contribution in [2.75, 3.05) is 19.0 Å². The van der Waals surface area contributed by atoms with Crippen molar-refractivity contribution in [3.63, 3.8) is 0 Å². The topological polar surface area (TPSA) is 56.8 Å². The van der Waals surface area contributed by atoms with Crippen molar-refractivity contribution >= 4 is 11.6 Å². The Kier molecular flexibility index (Phi) is 8.55. The van der Waals surface area contributed by atoms with Gasteiger partial charge in [-0.15, -0.1) is 0 Å². The molecule has 0 aliphatic carbocycles. The smallest absolute Gasteiger partial charge is 0.255 e. The molecule has 0 aliphatic rings. The lowest BCUT2D eigenvalue weighted by Gasteiger charge is -2.14. The van der Waals surface area contributed by atoms with E-state index in [1.807, 2.05) is 55.5 Å². The molecule has 168 valence electrons. The number of methoxy groups -OCH3 is 1. The van der Waals surface area contributed by atoms with Crippen LogP contribution in [0.1, 0.15) is 48.2 Å². The molecule has 0 saturated carbocycles. The van der Waals surface area contributed by atoms with Crippen LogP contribution in [0.4, 0.5) is 5.69 Å². The number of amides is 1. The van der Waals surface area contributed by atoms with Gasteiger partial charge < -0.3 is 19.5 Å². The van der Waals surface area contributed by atoms with Crippen LogP contribution in [0.25, 0.3) is 0 Å². The third kappa shape index (κ3) is 6.51. The first-order valence-corrected chi connectivity index (χ1v) is 11.1. The molecule has 0 saturated heterocycles. The van der Waals surface area contributed by atoms with Gasteiger partial charge in [-0.3, -0.25) is 4.79 Å². The van der Waals surface area contributed by atoms with Gasteiger partial charge in [-0.05, 0) is 79.9 Å². The molecule has 0 atom stereocenters. The molecule has 0 radical (unpaired) electrons. The molecule has 0 aliphatic heterocycles. The van der Waals surface area contributed by atoms with Gasteiger partial charge in [-0.25, -0.2) is 0 Å². The van der Waals surface area contributed by atoms with Crippen molar-refractivity contribution in [1.82, 2.24) is 0 Å². The Bertz CT molecular complexity index is 997. The lowest BCUT2D eigenvalue weighted by Crippen LogP contribution is -2.13. The predicted octanol–water partition coefficient (Wildman–Crippen LogP) is 6.27. The number of anilines is 1. The van der Waals surface area contributed by atoms with Gasteiger partial charge >= 0.3 is 0 Å². The molecule has 0 aromatic heterocycles. The molecular formula is C27H31NO4. The summed E-state index contributed by atoms with van der Waals surface area (Å²) in [6, 6.07) is 20.8. The van der Waals surface area contributed by atoms with E-state index in [1.165, 1.54) is 18.4 Å². The van der Waals surface area contributed by atoms with E-state index in [0.717, 1.165) is 23.4 Å². The number of benzene rings is 3. The van der Waals surface area contributed by atoms with Crippen molar-refractivity contribution in [1.29, 1.82) is 0 Å². The molecule has 5 heteroatoms. The van der Waals surface area contributed by atoms with Gasteiger partial charge in [0.2, 0.25) is 0 Å². The van der Waals surface area contributed by atoms with Crippen molar-refractivity contribution in [2.24, 2.45) is 0 Å². The molecule has 32 heavy (non-hydrogen) atoms. The highest BCUT2D eigenvalue weighted by molar-refractivity contribution is 6.04. The summed E-state index contributed by atoms with van der Waals surface area (Å²) in [6.45, 7) is 4.93. The van der Waals surface area contributed by atoms with Crippen LogP contribution in [0.2, 0.25) is 0 Å². The fourth-order valence-corrected chi connectivity index (χ4v) is 3.30. The number of unbranched alkanes of at least 4 members (excludes halogenated alkanes) is 1. The van der Waals surface area contributed by atoms with Gasteiger partial charge in [0, 0.05) is 16.8 Å². The zero-order valence-electron chi connectivity index (χ0n) is 19.0. The van der Waals surface area contributed by atoms with Crippen LogP contribution in [0.15, 0.2) is 66.7 Å². The zero-order valence-corrected chi connectivity index (χ0v) is 19.0. The van der Waals surface area contributed by atoms with Gasteiger partial charge in [0.15, 0.2) is 0 Å². The molecule has 3 aromatic rings. The summed E-state index contributed by atoms with van der Waals surface area (Å²) in [5.41, 5.74) is 3.42. The number of rotatable bonds is 11. The van der Waals surface area contributed by atoms with Crippen LogP contribution in [0, 0.1) is 0 Å². The second kappa shape index (κ2) is 11.8. The van der Waals surface area contributed by atoms with Crippen molar-refractivity contribution in [3.05, 3.63) is 83.4 Å². The second-order valence-corrected chi connectivity index (χ2v) is 7.47.